The van der Waals surface area contributed by atoms with Crippen molar-refractivity contribution in [2.75, 3.05) is 0 Å². The monoisotopic (exact) mass is 252 g/mol. The Morgan fingerprint density at radius 2 is 1.89 bits per heavy atom. The van der Waals surface area contributed by atoms with E-state index in [0.29, 0.717) is 13.2 Å². The van der Waals surface area contributed by atoms with Crippen molar-refractivity contribution in [3.63, 3.8) is 0 Å². The van der Waals surface area contributed by atoms with Crippen molar-refractivity contribution >= 4 is 10.9 Å². The smallest absolute Gasteiger partial charge is 0.121 e. The number of aromatic amines is 1. The lowest BCUT2D eigenvalue weighted by atomic mass is 10.1. The zero-order chi connectivity index (χ0) is 13.1. The van der Waals surface area contributed by atoms with Crippen molar-refractivity contribution in [2.45, 2.75) is 13.2 Å². The number of aromatic nitrogens is 1. The van der Waals surface area contributed by atoms with E-state index < -0.39 is 0 Å². The van der Waals surface area contributed by atoms with Crippen LogP contribution in [0.15, 0.2) is 54.7 Å². The lowest BCUT2D eigenvalue weighted by Gasteiger charge is -2.06. The second kappa shape index (κ2) is 5.16. The Bertz CT molecular complexity index is 674. The van der Waals surface area contributed by atoms with E-state index >= 15 is 0 Å². The Morgan fingerprint density at radius 1 is 1.05 bits per heavy atom. The molecule has 96 valence electrons. The third-order valence-electron chi connectivity index (χ3n) is 3.21. The molecule has 0 saturated carbocycles. The molecule has 19 heavy (non-hydrogen) atoms. The third-order valence-corrected chi connectivity index (χ3v) is 3.21. The molecule has 0 spiro atoms. The highest BCUT2D eigenvalue weighted by Crippen LogP contribution is 2.23. The summed E-state index contributed by atoms with van der Waals surface area (Å²) in [6.07, 6.45) is 1.95. The molecule has 0 saturated heterocycles. The van der Waals surface area contributed by atoms with Gasteiger partial charge in [-0.05, 0) is 23.3 Å². The summed E-state index contributed by atoms with van der Waals surface area (Å²) in [5.74, 6) is 0.863. The topological polar surface area (TPSA) is 51.0 Å². The molecule has 3 N–H and O–H groups in total. The number of H-pyrrole nitrogens is 1. The van der Waals surface area contributed by atoms with Gasteiger partial charge < -0.3 is 15.5 Å². The van der Waals surface area contributed by atoms with E-state index in [2.05, 4.69) is 17.1 Å². The van der Waals surface area contributed by atoms with Gasteiger partial charge >= 0.3 is 0 Å². The average Bonchev–Trinajstić information content (AvgIpc) is 2.88. The van der Waals surface area contributed by atoms with Crippen LogP contribution in [0.3, 0.4) is 0 Å². The molecule has 0 unspecified atom stereocenters. The molecule has 3 aromatic rings. The highest BCUT2D eigenvalue weighted by molar-refractivity contribution is 5.84. The van der Waals surface area contributed by atoms with Gasteiger partial charge in [-0.25, -0.2) is 0 Å². The number of hydrogen-bond acceptors (Lipinski definition) is 2. The molecule has 1 aromatic heterocycles. The summed E-state index contributed by atoms with van der Waals surface area (Å²) < 4.78 is 5.79. The molecule has 0 radical (unpaired) electrons. The molecule has 3 rings (SSSR count). The maximum absolute atomic E-state index is 5.79. The number of ether oxygens (including phenoxy) is 1. The van der Waals surface area contributed by atoms with E-state index in [-0.39, 0.29) is 0 Å². The Morgan fingerprint density at radius 3 is 2.68 bits per heavy atom. The zero-order valence-electron chi connectivity index (χ0n) is 10.6. The second-order valence-electron chi connectivity index (χ2n) is 4.50. The Balaban J connectivity index is 1.78. The van der Waals surface area contributed by atoms with Gasteiger partial charge in [0.05, 0.1) is 0 Å². The summed E-state index contributed by atoms with van der Waals surface area (Å²) in [5, 5.41) is 1.16. The number of nitrogens with two attached hydrogens (primary N) is 1. The maximum Gasteiger partial charge on any atom is 0.121 e. The molecule has 3 heteroatoms. The highest BCUT2D eigenvalue weighted by Gasteiger charge is 2.03. The normalized spacial score (nSPS) is 10.8. The lowest BCUT2D eigenvalue weighted by molar-refractivity contribution is 0.306. The fourth-order valence-corrected chi connectivity index (χ4v) is 2.16. The molecule has 1 heterocycles. The van der Waals surface area contributed by atoms with Crippen molar-refractivity contribution in [3.8, 4) is 5.75 Å². The van der Waals surface area contributed by atoms with Crippen LogP contribution in [-0.4, -0.2) is 4.98 Å². The van der Waals surface area contributed by atoms with Gasteiger partial charge in [0.15, 0.2) is 0 Å². The summed E-state index contributed by atoms with van der Waals surface area (Å²) in [6, 6.07) is 16.2. The van der Waals surface area contributed by atoms with Gasteiger partial charge in [0.2, 0.25) is 0 Å². The molecule has 0 aliphatic rings. The van der Waals surface area contributed by atoms with Crippen LogP contribution in [0, 0.1) is 0 Å². The van der Waals surface area contributed by atoms with Crippen molar-refractivity contribution in [2.24, 2.45) is 5.73 Å². The predicted molar refractivity (Wildman–Crippen MR) is 77.0 cm³/mol. The predicted octanol–water partition coefficient (Wildman–Crippen LogP) is 3.21. The first-order valence-electron chi connectivity index (χ1n) is 6.33. The van der Waals surface area contributed by atoms with Crippen LogP contribution < -0.4 is 10.5 Å². The zero-order valence-corrected chi connectivity index (χ0v) is 10.6. The van der Waals surface area contributed by atoms with Gasteiger partial charge in [-0.15, -0.1) is 0 Å². The van der Waals surface area contributed by atoms with Crippen molar-refractivity contribution in [1.29, 1.82) is 0 Å². The van der Waals surface area contributed by atoms with Crippen LogP contribution >= 0.6 is 0 Å². The second-order valence-corrected chi connectivity index (χ2v) is 4.50. The largest absolute Gasteiger partial charge is 0.489 e. The van der Waals surface area contributed by atoms with Crippen LogP contribution in [-0.2, 0) is 13.2 Å². The molecule has 0 atom stereocenters. The Hall–Kier alpha value is -2.26. The lowest BCUT2D eigenvalue weighted by Crippen LogP contribution is -1.95. The first kappa shape index (κ1) is 11.8. The van der Waals surface area contributed by atoms with Gasteiger partial charge in [0, 0.05) is 29.7 Å². The summed E-state index contributed by atoms with van der Waals surface area (Å²) in [5.41, 5.74) is 9.04. The van der Waals surface area contributed by atoms with E-state index in [1.807, 2.05) is 42.6 Å². The number of hydrogen-bond donors (Lipinski definition) is 2. The first-order valence-corrected chi connectivity index (χ1v) is 6.33. The summed E-state index contributed by atoms with van der Waals surface area (Å²) in [6.45, 7) is 1.13. The Labute approximate surface area is 112 Å². The number of rotatable bonds is 4. The third kappa shape index (κ3) is 2.46. The number of benzene rings is 2. The van der Waals surface area contributed by atoms with E-state index in [0.717, 1.165) is 27.8 Å². The number of fused-ring (bicyclic) bond motifs is 1. The molecule has 0 amide bonds. The molecular formula is C16H16N2O. The quantitative estimate of drug-likeness (QED) is 0.749. The van der Waals surface area contributed by atoms with E-state index in [1.54, 1.807) is 0 Å². The molecule has 2 aromatic carbocycles. The molecule has 0 aliphatic heterocycles. The van der Waals surface area contributed by atoms with Crippen molar-refractivity contribution in [1.82, 2.24) is 4.98 Å². The Kier molecular flexibility index (Phi) is 3.21. The molecular weight excluding hydrogens is 236 g/mol. The minimum Gasteiger partial charge on any atom is -0.489 e. The van der Waals surface area contributed by atoms with Crippen LogP contribution in [0.4, 0.5) is 0 Å². The minimum atomic E-state index is 0.546. The van der Waals surface area contributed by atoms with Crippen LogP contribution in [0.2, 0.25) is 0 Å². The standard InChI is InChI=1S/C16H16N2O/c17-9-13-10-18-16-8-14(6-7-15(13)16)19-11-12-4-2-1-3-5-12/h1-8,10,18H,9,11,17H2. The summed E-state index contributed by atoms with van der Waals surface area (Å²) in [4.78, 5) is 3.22. The highest BCUT2D eigenvalue weighted by atomic mass is 16.5. The van der Waals surface area contributed by atoms with Crippen molar-refractivity contribution in [3.05, 3.63) is 65.9 Å². The van der Waals surface area contributed by atoms with Gasteiger partial charge in [-0.1, -0.05) is 30.3 Å². The SMILES string of the molecule is NCc1c[nH]c2cc(OCc3ccccc3)ccc12. The molecule has 0 bridgehead atoms. The van der Waals surface area contributed by atoms with Gasteiger partial charge in [0.1, 0.15) is 12.4 Å². The molecule has 0 aliphatic carbocycles. The summed E-state index contributed by atoms with van der Waals surface area (Å²) >= 11 is 0. The van der Waals surface area contributed by atoms with Crippen LogP contribution in [0.1, 0.15) is 11.1 Å². The average molecular weight is 252 g/mol. The number of nitrogens with one attached hydrogen (secondary N) is 1. The van der Waals surface area contributed by atoms with Crippen molar-refractivity contribution < 1.29 is 4.74 Å². The minimum absolute atomic E-state index is 0.546. The van der Waals surface area contributed by atoms with Crippen LogP contribution in [0.5, 0.6) is 5.75 Å². The first-order chi connectivity index (χ1) is 9.36. The van der Waals surface area contributed by atoms with Gasteiger partial charge in [0.25, 0.3) is 0 Å². The van der Waals surface area contributed by atoms with E-state index in [4.69, 9.17) is 10.5 Å². The van der Waals surface area contributed by atoms with E-state index in [9.17, 15) is 0 Å². The molecule has 3 nitrogen and oxygen atoms in total. The molecule has 0 fully saturated rings. The van der Waals surface area contributed by atoms with Gasteiger partial charge in [-0.2, -0.15) is 0 Å². The summed E-state index contributed by atoms with van der Waals surface area (Å²) in [7, 11) is 0. The van der Waals surface area contributed by atoms with E-state index in [1.165, 1.54) is 0 Å². The maximum atomic E-state index is 5.79. The van der Waals surface area contributed by atoms with Gasteiger partial charge in [-0.3, -0.25) is 0 Å². The van der Waals surface area contributed by atoms with Crippen LogP contribution in [0.25, 0.3) is 10.9 Å². The fraction of sp³-hybridized carbons (Fsp3) is 0.125. The fourth-order valence-electron chi connectivity index (χ4n) is 2.16.